The van der Waals surface area contributed by atoms with E-state index in [0.717, 1.165) is 49.7 Å². The molecule has 0 amide bonds. The van der Waals surface area contributed by atoms with Crippen molar-refractivity contribution in [3.05, 3.63) is 64.1 Å². The van der Waals surface area contributed by atoms with Gasteiger partial charge in [0.2, 0.25) is 0 Å². The van der Waals surface area contributed by atoms with Crippen molar-refractivity contribution in [3.8, 4) is 0 Å². The molecular weight excluding hydrogens is 433 g/mol. The molecule has 7 heteroatoms. The lowest BCUT2D eigenvalue weighted by Gasteiger charge is -2.32. The van der Waals surface area contributed by atoms with E-state index in [-0.39, 0.29) is 0 Å². The van der Waals surface area contributed by atoms with Crippen LogP contribution in [0, 0.1) is 20.8 Å². The molecule has 0 bridgehead atoms. The predicted octanol–water partition coefficient (Wildman–Crippen LogP) is 6.69. The van der Waals surface area contributed by atoms with Crippen LogP contribution in [0.3, 0.4) is 0 Å². The van der Waals surface area contributed by atoms with E-state index < -0.39 is 0 Å². The summed E-state index contributed by atoms with van der Waals surface area (Å²) in [4.78, 5) is 9.43. The normalized spacial score (nSPS) is 12.3. The summed E-state index contributed by atoms with van der Waals surface area (Å²) in [5.41, 5.74) is 6.68. The average molecular weight is 472 g/mol. The molecule has 2 aromatic heterocycles. The van der Waals surface area contributed by atoms with E-state index in [1.54, 1.807) is 11.3 Å². The first-order valence-electron chi connectivity index (χ1n) is 11.4. The van der Waals surface area contributed by atoms with Crippen LogP contribution in [-0.2, 0) is 20.0 Å². The topological polar surface area (TPSA) is 37.2 Å². The summed E-state index contributed by atoms with van der Waals surface area (Å²) in [7, 11) is 2.59. The molecule has 1 aromatic carbocycles. The zero-order valence-electron chi connectivity index (χ0n) is 21.0. The molecule has 0 N–H and O–H groups in total. The van der Waals surface area contributed by atoms with Gasteiger partial charge >= 0.3 is 0 Å². The first-order valence-corrected chi connectivity index (χ1v) is 12.3. The quantitative estimate of drug-likeness (QED) is 0.375. The number of alkyl halides is 1. The SMILES string of the molecule is C=C.CCCN(Cc1nccs1)c1c2c(nn1C)N(c1c(C)cc(C)cc1C)CCC2.CF. The molecule has 180 valence electrons. The smallest absolute Gasteiger partial charge is 0.160 e. The van der Waals surface area contributed by atoms with E-state index in [9.17, 15) is 4.39 Å². The Morgan fingerprint density at radius 1 is 1.15 bits per heavy atom. The molecule has 0 saturated carbocycles. The highest BCUT2D eigenvalue weighted by atomic mass is 32.1. The maximum atomic E-state index is 9.50. The zero-order chi connectivity index (χ0) is 24.5. The largest absolute Gasteiger partial charge is 0.350 e. The number of benzene rings is 1. The minimum Gasteiger partial charge on any atom is -0.350 e. The minimum atomic E-state index is 0.500. The van der Waals surface area contributed by atoms with Gasteiger partial charge in [-0.3, -0.25) is 9.07 Å². The average Bonchev–Trinajstić information content (AvgIpc) is 3.43. The molecule has 0 saturated heterocycles. The van der Waals surface area contributed by atoms with Crippen LogP contribution in [0.5, 0.6) is 0 Å². The molecule has 0 unspecified atom stereocenters. The Bertz CT molecular complexity index is 989. The first kappa shape index (κ1) is 26.6. The second-order valence-electron chi connectivity index (χ2n) is 8.10. The van der Waals surface area contributed by atoms with Gasteiger partial charge in [-0.05, 0) is 51.2 Å². The van der Waals surface area contributed by atoms with Crippen molar-refractivity contribution in [3.63, 3.8) is 0 Å². The van der Waals surface area contributed by atoms with Crippen LogP contribution in [-0.4, -0.2) is 35.0 Å². The van der Waals surface area contributed by atoms with Crippen molar-refractivity contribution in [1.82, 2.24) is 14.8 Å². The third-order valence-electron chi connectivity index (χ3n) is 5.66. The molecule has 1 aliphatic heterocycles. The van der Waals surface area contributed by atoms with Gasteiger partial charge in [0.15, 0.2) is 5.82 Å². The third-order valence-corrected chi connectivity index (χ3v) is 6.43. The number of hydrogen-bond acceptors (Lipinski definition) is 5. The number of aromatic nitrogens is 3. The number of hydrogen-bond donors (Lipinski definition) is 0. The molecule has 0 fully saturated rings. The maximum Gasteiger partial charge on any atom is 0.160 e. The summed E-state index contributed by atoms with van der Waals surface area (Å²) in [6.07, 6.45) is 5.23. The first-order chi connectivity index (χ1) is 16.0. The molecule has 3 aromatic rings. The van der Waals surface area contributed by atoms with Gasteiger partial charge in [0.05, 0.1) is 13.7 Å². The van der Waals surface area contributed by atoms with Gasteiger partial charge < -0.3 is 9.80 Å². The highest BCUT2D eigenvalue weighted by Crippen LogP contribution is 2.41. The van der Waals surface area contributed by atoms with Gasteiger partial charge in [-0.15, -0.1) is 24.5 Å². The van der Waals surface area contributed by atoms with Crippen molar-refractivity contribution in [2.24, 2.45) is 7.05 Å². The fraction of sp³-hybridized carbons (Fsp3) is 0.462. The Labute approximate surface area is 202 Å². The second kappa shape index (κ2) is 12.5. The number of thiazole rings is 1. The summed E-state index contributed by atoms with van der Waals surface area (Å²) in [6.45, 7) is 17.7. The van der Waals surface area contributed by atoms with E-state index in [1.165, 1.54) is 33.8 Å². The maximum absolute atomic E-state index is 9.50. The Hall–Kier alpha value is -2.67. The van der Waals surface area contributed by atoms with E-state index in [2.05, 4.69) is 84.9 Å². The summed E-state index contributed by atoms with van der Waals surface area (Å²) < 4.78 is 11.6. The predicted molar refractivity (Wildman–Crippen MR) is 141 cm³/mol. The van der Waals surface area contributed by atoms with E-state index in [0.29, 0.717) is 7.18 Å². The molecule has 0 aliphatic carbocycles. The monoisotopic (exact) mass is 471 g/mol. The van der Waals surface area contributed by atoms with Crippen molar-refractivity contribution < 1.29 is 4.39 Å². The molecule has 5 nitrogen and oxygen atoms in total. The summed E-state index contributed by atoms with van der Waals surface area (Å²) in [6, 6.07) is 4.57. The summed E-state index contributed by atoms with van der Waals surface area (Å²) in [5.74, 6) is 2.38. The lowest BCUT2D eigenvalue weighted by atomic mass is 10.0. The molecular formula is C26H38FN5S. The van der Waals surface area contributed by atoms with Crippen molar-refractivity contribution >= 4 is 28.7 Å². The lowest BCUT2D eigenvalue weighted by Crippen LogP contribution is -2.29. The third kappa shape index (κ3) is 5.82. The van der Waals surface area contributed by atoms with Crippen LogP contribution in [0.25, 0.3) is 0 Å². The number of halogens is 1. The fourth-order valence-electron chi connectivity index (χ4n) is 4.74. The van der Waals surface area contributed by atoms with Crippen molar-refractivity contribution in [2.75, 3.05) is 30.1 Å². The standard InChI is InChI=1S/C23H31N5S.C2H4.CH3F/c1-6-10-27(15-20-24-9-12-29-20)23-19-8-7-11-28(22(19)25-26(23)5)21-17(3)13-16(2)14-18(21)4;2*1-2/h9,12-14H,6-8,10-11,15H2,1-5H3;1-2H2;1H3. The van der Waals surface area contributed by atoms with Crippen LogP contribution in [0.1, 0.15) is 47.0 Å². The molecule has 0 atom stereocenters. The molecule has 33 heavy (non-hydrogen) atoms. The molecule has 1 aliphatic rings. The second-order valence-corrected chi connectivity index (χ2v) is 9.08. The van der Waals surface area contributed by atoms with Crippen LogP contribution < -0.4 is 9.80 Å². The Morgan fingerprint density at radius 3 is 2.39 bits per heavy atom. The van der Waals surface area contributed by atoms with Crippen LogP contribution in [0.2, 0.25) is 0 Å². The van der Waals surface area contributed by atoms with Gasteiger partial charge in [-0.1, -0.05) is 24.6 Å². The van der Waals surface area contributed by atoms with Crippen LogP contribution in [0.4, 0.5) is 21.7 Å². The van der Waals surface area contributed by atoms with Crippen molar-refractivity contribution in [2.45, 2.75) is 53.5 Å². The van der Waals surface area contributed by atoms with Gasteiger partial charge in [0, 0.05) is 43.0 Å². The summed E-state index contributed by atoms with van der Waals surface area (Å²) >= 11 is 1.73. The number of nitrogens with zero attached hydrogens (tertiary/aromatic N) is 5. The molecule has 3 heterocycles. The Kier molecular flexibility index (Phi) is 10.1. The Morgan fingerprint density at radius 2 is 1.82 bits per heavy atom. The number of anilines is 3. The van der Waals surface area contributed by atoms with Gasteiger partial charge in [-0.25, -0.2) is 4.98 Å². The highest BCUT2D eigenvalue weighted by molar-refractivity contribution is 7.09. The lowest BCUT2D eigenvalue weighted by molar-refractivity contribution is 0.636. The Balaban J connectivity index is 0.000000914. The molecule has 0 spiro atoms. The fourth-order valence-corrected chi connectivity index (χ4v) is 5.37. The van der Waals surface area contributed by atoms with E-state index in [1.807, 2.05) is 6.20 Å². The summed E-state index contributed by atoms with van der Waals surface area (Å²) in [5, 5.41) is 8.25. The van der Waals surface area contributed by atoms with Gasteiger partial charge in [0.1, 0.15) is 10.8 Å². The van der Waals surface area contributed by atoms with Crippen molar-refractivity contribution in [1.29, 1.82) is 0 Å². The number of aryl methyl sites for hydroxylation is 4. The highest BCUT2D eigenvalue weighted by Gasteiger charge is 2.30. The zero-order valence-corrected chi connectivity index (χ0v) is 21.8. The number of rotatable bonds is 6. The van der Waals surface area contributed by atoms with Crippen LogP contribution >= 0.6 is 11.3 Å². The minimum absolute atomic E-state index is 0.500. The van der Waals surface area contributed by atoms with E-state index >= 15 is 0 Å². The van der Waals surface area contributed by atoms with Gasteiger partial charge in [0.25, 0.3) is 0 Å². The van der Waals surface area contributed by atoms with Crippen LogP contribution in [0.15, 0.2) is 36.9 Å². The number of fused-ring (bicyclic) bond motifs is 1. The van der Waals surface area contributed by atoms with Gasteiger partial charge in [-0.2, -0.15) is 5.10 Å². The molecule has 0 radical (unpaired) electrons. The molecule has 4 rings (SSSR count). The van der Waals surface area contributed by atoms with E-state index in [4.69, 9.17) is 5.10 Å².